The zero-order chi connectivity index (χ0) is 13.9. The summed E-state index contributed by atoms with van der Waals surface area (Å²) < 4.78 is 1.66. The van der Waals surface area contributed by atoms with E-state index < -0.39 is 18.4 Å². The van der Waals surface area contributed by atoms with Crippen molar-refractivity contribution in [1.29, 1.82) is 0 Å². The molecule has 0 aliphatic heterocycles. The molecule has 0 fully saturated rings. The van der Waals surface area contributed by atoms with E-state index in [2.05, 4.69) is 61.2 Å². The normalized spacial score (nSPS) is 18.4. The molecule has 0 N–H and O–H groups in total. The molecular formula is C17H19SiSn. The van der Waals surface area contributed by atoms with Crippen LogP contribution in [0.5, 0.6) is 0 Å². The SMILES string of the molecule is [CH3][Sn]([CH3])([CH3])[C]1=C([Si])C=CC1CC#Cc1ccccc1. The first-order valence-electron chi connectivity index (χ1n) is 6.67. The minimum absolute atomic E-state index is 0.527. The van der Waals surface area contributed by atoms with Crippen LogP contribution in [-0.4, -0.2) is 28.6 Å². The second kappa shape index (κ2) is 6.15. The maximum atomic E-state index is 3.77. The van der Waals surface area contributed by atoms with E-state index in [1.807, 2.05) is 18.2 Å². The molecule has 0 amide bonds. The monoisotopic (exact) mass is 371 g/mol. The Balaban J connectivity index is 2.10. The van der Waals surface area contributed by atoms with Gasteiger partial charge in [0, 0.05) is 0 Å². The van der Waals surface area contributed by atoms with Gasteiger partial charge in [-0.1, -0.05) is 0 Å². The zero-order valence-corrected chi connectivity index (χ0v) is 15.7. The van der Waals surface area contributed by atoms with E-state index in [1.54, 1.807) is 3.59 Å². The molecular weight excluding hydrogens is 351 g/mol. The molecule has 1 atom stereocenters. The van der Waals surface area contributed by atoms with Gasteiger partial charge >= 0.3 is 124 Å². The Morgan fingerprint density at radius 1 is 1.16 bits per heavy atom. The molecule has 0 bridgehead atoms. The first kappa shape index (κ1) is 14.7. The summed E-state index contributed by atoms with van der Waals surface area (Å²) in [5.74, 6) is 7.13. The number of allylic oxidation sites excluding steroid dienone is 4. The molecule has 0 saturated carbocycles. The van der Waals surface area contributed by atoms with Gasteiger partial charge in [0.15, 0.2) is 0 Å². The molecule has 1 aliphatic rings. The molecule has 95 valence electrons. The topological polar surface area (TPSA) is 0 Å². The fraction of sp³-hybridized carbons (Fsp3) is 0.294. The molecule has 19 heavy (non-hydrogen) atoms. The van der Waals surface area contributed by atoms with E-state index in [4.69, 9.17) is 0 Å². The van der Waals surface area contributed by atoms with Crippen molar-refractivity contribution in [3.63, 3.8) is 0 Å². The molecule has 0 aromatic heterocycles. The molecule has 1 unspecified atom stereocenters. The summed E-state index contributed by atoms with van der Waals surface area (Å²) in [5, 5.41) is 1.31. The van der Waals surface area contributed by atoms with Crippen LogP contribution in [0.25, 0.3) is 0 Å². The standard InChI is InChI=1S/C14H10Si.3CH3.Sn/c15-14-10-9-13(11-14)8-4-7-12-5-2-1-3-6-12;;;;/h1-3,5-6,9-10,13H,8H2;3*1H3;. The Bertz CT molecular complexity index is 565. The van der Waals surface area contributed by atoms with Crippen molar-refractivity contribution < 1.29 is 0 Å². The quantitative estimate of drug-likeness (QED) is 0.547. The Labute approximate surface area is 124 Å². The van der Waals surface area contributed by atoms with Crippen LogP contribution in [0.3, 0.4) is 0 Å². The van der Waals surface area contributed by atoms with Crippen LogP contribution in [0.1, 0.15) is 12.0 Å². The molecule has 3 radical (unpaired) electrons. The van der Waals surface area contributed by atoms with Crippen LogP contribution in [0.4, 0.5) is 0 Å². The summed E-state index contributed by atoms with van der Waals surface area (Å²) in [5.41, 5.74) is 1.10. The second-order valence-electron chi connectivity index (χ2n) is 5.91. The summed E-state index contributed by atoms with van der Waals surface area (Å²) in [6.07, 6.45) is 5.45. The van der Waals surface area contributed by atoms with Gasteiger partial charge in [-0.05, 0) is 0 Å². The van der Waals surface area contributed by atoms with Gasteiger partial charge in [0.05, 0.1) is 0 Å². The van der Waals surface area contributed by atoms with Crippen molar-refractivity contribution >= 4 is 28.6 Å². The second-order valence-corrected chi connectivity index (χ2v) is 20.8. The van der Waals surface area contributed by atoms with Gasteiger partial charge in [0.25, 0.3) is 0 Å². The van der Waals surface area contributed by atoms with Gasteiger partial charge in [-0.3, -0.25) is 0 Å². The third-order valence-corrected chi connectivity index (χ3v) is 10.9. The summed E-state index contributed by atoms with van der Waals surface area (Å²) in [4.78, 5) is 7.40. The minimum atomic E-state index is -2.03. The molecule has 0 nitrogen and oxygen atoms in total. The van der Waals surface area contributed by atoms with Gasteiger partial charge < -0.3 is 0 Å². The zero-order valence-electron chi connectivity index (χ0n) is 11.8. The van der Waals surface area contributed by atoms with Crippen LogP contribution in [-0.2, 0) is 0 Å². The predicted molar refractivity (Wildman–Crippen MR) is 86.7 cm³/mol. The summed E-state index contributed by atoms with van der Waals surface area (Å²) >= 11 is -2.03. The maximum absolute atomic E-state index is 3.77. The van der Waals surface area contributed by atoms with Crippen LogP contribution in [0.2, 0.25) is 14.8 Å². The fourth-order valence-electron chi connectivity index (χ4n) is 2.51. The van der Waals surface area contributed by atoms with Crippen LogP contribution in [0.15, 0.2) is 51.3 Å². The average Bonchev–Trinajstić information content (AvgIpc) is 2.72. The van der Waals surface area contributed by atoms with Crippen LogP contribution in [0, 0.1) is 17.8 Å². The Morgan fingerprint density at radius 2 is 1.84 bits per heavy atom. The van der Waals surface area contributed by atoms with E-state index >= 15 is 0 Å². The van der Waals surface area contributed by atoms with E-state index in [-0.39, 0.29) is 0 Å². The van der Waals surface area contributed by atoms with Crippen LogP contribution < -0.4 is 0 Å². The van der Waals surface area contributed by atoms with Crippen molar-refractivity contribution in [2.24, 2.45) is 5.92 Å². The number of benzene rings is 1. The average molecular weight is 370 g/mol. The summed E-state index contributed by atoms with van der Waals surface area (Å²) in [6, 6.07) is 10.2. The fourth-order valence-corrected chi connectivity index (χ4v) is 11.6. The van der Waals surface area contributed by atoms with Gasteiger partial charge in [-0.2, -0.15) is 0 Å². The molecule has 0 heterocycles. The third kappa shape index (κ3) is 3.87. The van der Waals surface area contributed by atoms with Gasteiger partial charge in [-0.15, -0.1) is 0 Å². The third-order valence-electron chi connectivity index (χ3n) is 3.29. The van der Waals surface area contributed by atoms with E-state index in [0.717, 1.165) is 12.0 Å². The Morgan fingerprint density at radius 3 is 2.47 bits per heavy atom. The number of rotatable bonds is 2. The predicted octanol–water partition coefficient (Wildman–Crippen LogP) is 3.91. The van der Waals surface area contributed by atoms with Crippen molar-refractivity contribution in [3.8, 4) is 11.8 Å². The first-order chi connectivity index (χ1) is 8.98. The van der Waals surface area contributed by atoms with Crippen molar-refractivity contribution in [1.82, 2.24) is 0 Å². The summed E-state index contributed by atoms with van der Waals surface area (Å²) in [7, 11) is 3.77. The van der Waals surface area contributed by atoms with Gasteiger partial charge in [0.2, 0.25) is 0 Å². The first-order valence-corrected chi connectivity index (χ1v) is 17.2. The van der Waals surface area contributed by atoms with Crippen molar-refractivity contribution in [3.05, 3.63) is 56.8 Å². The molecule has 1 aliphatic carbocycles. The van der Waals surface area contributed by atoms with E-state index in [9.17, 15) is 0 Å². The molecule has 1 aromatic rings. The summed E-state index contributed by atoms with van der Waals surface area (Å²) in [6.45, 7) is 0. The Kier molecular flexibility index (Phi) is 4.75. The van der Waals surface area contributed by atoms with Crippen molar-refractivity contribution in [2.75, 3.05) is 0 Å². The molecule has 0 saturated heterocycles. The molecule has 1 aromatic carbocycles. The van der Waals surface area contributed by atoms with Crippen LogP contribution >= 0.6 is 0 Å². The molecule has 2 rings (SSSR count). The number of hydrogen-bond acceptors (Lipinski definition) is 0. The van der Waals surface area contributed by atoms with Gasteiger partial charge in [0.1, 0.15) is 0 Å². The molecule has 2 heteroatoms. The van der Waals surface area contributed by atoms with Crippen molar-refractivity contribution in [2.45, 2.75) is 21.2 Å². The van der Waals surface area contributed by atoms with E-state index in [0.29, 0.717) is 5.92 Å². The van der Waals surface area contributed by atoms with Gasteiger partial charge in [-0.25, -0.2) is 0 Å². The Hall–Kier alpha value is -0.724. The number of hydrogen-bond donors (Lipinski definition) is 0. The van der Waals surface area contributed by atoms with E-state index in [1.165, 1.54) is 5.20 Å². The molecule has 0 spiro atoms.